The largest absolute Gasteiger partial charge is 0.586 e. The van der Waals surface area contributed by atoms with Crippen LogP contribution < -0.4 is 25.8 Å². The predicted molar refractivity (Wildman–Crippen MR) is 88.0 cm³/mol. The molecular formula is C17H21F2N3O4. The number of nitrogens with one attached hydrogen (secondary N) is 2. The molecule has 0 aromatic heterocycles. The number of nitrogens with two attached hydrogens (primary N) is 1. The minimum Gasteiger partial charge on any atom is -0.395 e. The average Bonchev–Trinajstić information content (AvgIpc) is 2.89. The Morgan fingerprint density at radius 2 is 1.69 bits per heavy atom. The van der Waals surface area contributed by atoms with E-state index in [9.17, 15) is 18.4 Å². The van der Waals surface area contributed by atoms with E-state index < -0.39 is 6.29 Å². The summed E-state index contributed by atoms with van der Waals surface area (Å²) in [6.07, 6.45) is -0.433. The highest BCUT2D eigenvalue weighted by Gasteiger charge is 2.43. The summed E-state index contributed by atoms with van der Waals surface area (Å²) in [6.45, 7) is 0.318. The van der Waals surface area contributed by atoms with Crippen molar-refractivity contribution in [2.75, 3.05) is 6.54 Å². The van der Waals surface area contributed by atoms with Crippen molar-refractivity contribution >= 4 is 11.8 Å². The number of hydrogen-bond acceptors (Lipinski definition) is 5. The molecule has 1 aliphatic carbocycles. The smallest absolute Gasteiger partial charge is 0.395 e. The number of ether oxygens (including phenoxy) is 2. The molecule has 0 unspecified atom stereocenters. The van der Waals surface area contributed by atoms with Gasteiger partial charge in [-0.2, -0.15) is 0 Å². The summed E-state index contributed by atoms with van der Waals surface area (Å²) in [7, 11) is 0. The van der Waals surface area contributed by atoms with Crippen LogP contribution in [0.4, 0.5) is 8.78 Å². The van der Waals surface area contributed by atoms with Crippen LogP contribution in [-0.2, 0) is 4.79 Å². The number of fused-ring (bicyclic) bond motifs is 1. The highest BCUT2D eigenvalue weighted by Crippen LogP contribution is 2.41. The number of benzene rings is 1. The lowest BCUT2D eigenvalue weighted by Gasteiger charge is -2.29. The molecule has 1 aromatic rings. The van der Waals surface area contributed by atoms with Crippen molar-refractivity contribution in [2.24, 2.45) is 5.73 Å². The van der Waals surface area contributed by atoms with Crippen molar-refractivity contribution in [1.82, 2.24) is 10.6 Å². The van der Waals surface area contributed by atoms with Gasteiger partial charge in [-0.15, -0.1) is 8.78 Å². The summed E-state index contributed by atoms with van der Waals surface area (Å²) < 4.78 is 34.7. The SMILES string of the molecule is NCCC(=O)NC1CCC(NC(=O)c2ccc3c(c2)OC(F)(F)O3)CC1. The average molecular weight is 369 g/mol. The zero-order valence-electron chi connectivity index (χ0n) is 14.1. The summed E-state index contributed by atoms with van der Waals surface area (Å²) in [5.74, 6) is -0.673. The molecule has 9 heteroatoms. The summed E-state index contributed by atoms with van der Waals surface area (Å²) in [5.41, 5.74) is 5.57. The normalized spacial score (nSPS) is 23.3. The van der Waals surface area contributed by atoms with Crippen LogP contribution in [0.2, 0.25) is 0 Å². The molecule has 0 radical (unpaired) electrons. The van der Waals surface area contributed by atoms with Gasteiger partial charge < -0.3 is 25.8 Å². The number of amides is 2. The Balaban J connectivity index is 1.50. The Morgan fingerprint density at radius 3 is 2.35 bits per heavy atom. The first-order chi connectivity index (χ1) is 12.4. The Morgan fingerprint density at radius 1 is 1.08 bits per heavy atom. The molecular weight excluding hydrogens is 348 g/mol. The van der Waals surface area contributed by atoms with Crippen molar-refractivity contribution < 1.29 is 27.8 Å². The van der Waals surface area contributed by atoms with E-state index in [0.717, 1.165) is 25.7 Å². The number of carbonyl (C=O) groups excluding carboxylic acids is 2. The van der Waals surface area contributed by atoms with Gasteiger partial charge in [0.2, 0.25) is 5.91 Å². The maximum absolute atomic E-state index is 13.0. The second kappa shape index (κ2) is 7.45. The molecule has 1 aliphatic heterocycles. The van der Waals surface area contributed by atoms with E-state index in [0.29, 0.717) is 13.0 Å². The van der Waals surface area contributed by atoms with Gasteiger partial charge in [-0.3, -0.25) is 9.59 Å². The van der Waals surface area contributed by atoms with Crippen LogP contribution in [0.3, 0.4) is 0 Å². The van der Waals surface area contributed by atoms with Crippen LogP contribution in [0.15, 0.2) is 18.2 Å². The zero-order chi connectivity index (χ0) is 18.7. The lowest BCUT2D eigenvalue weighted by Crippen LogP contribution is -2.44. The topological polar surface area (TPSA) is 103 Å². The number of hydrogen-bond donors (Lipinski definition) is 3. The van der Waals surface area contributed by atoms with Gasteiger partial charge in [-0.05, 0) is 43.9 Å². The van der Waals surface area contributed by atoms with Gasteiger partial charge in [0, 0.05) is 30.6 Å². The fourth-order valence-corrected chi connectivity index (χ4v) is 3.17. The standard InChI is InChI=1S/C17H21F2N3O4/c18-17(19)25-13-6-1-10(9-14(13)26-17)16(24)22-12-4-2-11(3-5-12)21-15(23)7-8-20/h1,6,9,11-12H,2-5,7-8,20H2,(H,21,23)(H,22,24). The van der Waals surface area contributed by atoms with Crippen molar-refractivity contribution in [2.45, 2.75) is 50.5 Å². The Labute approximate surface area is 149 Å². The van der Waals surface area contributed by atoms with Crippen LogP contribution in [0.25, 0.3) is 0 Å². The maximum atomic E-state index is 13.0. The summed E-state index contributed by atoms with van der Waals surface area (Å²) in [4.78, 5) is 23.9. The van der Waals surface area contributed by atoms with Gasteiger partial charge in [0.05, 0.1) is 0 Å². The molecule has 2 amide bonds. The zero-order valence-corrected chi connectivity index (χ0v) is 14.1. The highest BCUT2D eigenvalue weighted by molar-refractivity contribution is 5.95. The molecule has 0 bridgehead atoms. The minimum atomic E-state index is -3.70. The van der Waals surface area contributed by atoms with E-state index in [4.69, 9.17) is 5.73 Å². The second-order valence-electron chi connectivity index (χ2n) is 6.46. The number of alkyl halides is 2. The van der Waals surface area contributed by atoms with Gasteiger partial charge >= 0.3 is 6.29 Å². The Kier molecular flexibility index (Phi) is 5.26. The lowest BCUT2D eigenvalue weighted by molar-refractivity contribution is -0.286. The summed E-state index contributed by atoms with van der Waals surface area (Å²) in [6, 6.07) is 4.00. The van der Waals surface area contributed by atoms with Gasteiger partial charge in [0.25, 0.3) is 5.91 Å². The van der Waals surface area contributed by atoms with Crippen LogP contribution >= 0.6 is 0 Å². The molecule has 3 rings (SSSR count). The van der Waals surface area contributed by atoms with E-state index in [-0.39, 0.29) is 41.0 Å². The molecule has 0 saturated heterocycles. The number of carbonyl (C=O) groups is 2. The molecule has 1 saturated carbocycles. The third-order valence-corrected chi connectivity index (χ3v) is 4.46. The Bertz CT molecular complexity index is 691. The molecule has 142 valence electrons. The van der Waals surface area contributed by atoms with Crippen molar-refractivity contribution in [3.8, 4) is 11.5 Å². The molecule has 26 heavy (non-hydrogen) atoms. The van der Waals surface area contributed by atoms with Gasteiger partial charge in [-0.25, -0.2) is 0 Å². The maximum Gasteiger partial charge on any atom is 0.586 e. The van der Waals surface area contributed by atoms with E-state index in [2.05, 4.69) is 20.1 Å². The fourth-order valence-electron chi connectivity index (χ4n) is 3.17. The van der Waals surface area contributed by atoms with Crippen LogP contribution in [-0.4, -0.2) is 36.7 Å². The van der Waals surface area contributed by atoms with E-state index in [1.807, 2.05) is 0 Å². The first-order valence-electron chi connectivity index (χ1n) is 8.56. The third-order valence-electron chi connectivity index (χ3n) is 4.46. The number of rotatable bonds is 5. The quantitative estimate of drug-likeness (QED) is 0.730. The van der Waals surface area contributed by atoms with Crippen molar-refractivity contribution in [1.29, 1.82) is 0 Å². The van der Waals surface area contributed by atoms with Gasteiger partial charge in [-0.1, -0.05) is 0 Å². The monoisotopic (exact) mass is 369 g/mol. The summed E-state index contributed by atoms with van der Waals surface area (Å²) in [5, 5.41) is 5.82. The third kappa shape index (κ3) is 4.40. The fraction of sp³-hybridized carbons (Fsp3) is 0.529. The molecule has 0 spiro atoms. The van der Waals surface area contributed by atoms with E-state index >= 15 is 0 Å². The minimum absolute atomic E-state index is 0.0305. The molecule has 1 aromatic carbocycles. The first kappa shape index (κ1) is 18.4. The van der Waals surface area contributed by atoms with Crippen molar-refractivity contribution in [3.05, 3.63) is 23.8 Å². The van der Waals surface area contributed by atoms with Gasteiger partial charge in [0.1, 0.15) is 0 Å². The van der Waals surface area contributed by atoms with Crippen LogP contribution in [0.5, 0.6) is 11.5 Å². The molecule has 2 aliphatic rings. The molecule has 1 heterocycles. The first-order valence-corrected chi connectivity index (χ1v) is 8.56. The van der Waals surface area contributed by atoms with Crippen LogP contribution in [0.1, 0.15) is 42.5 Å². The molecule has 0 atom stereocenters. The molecule has 1 fully saturated rings. The lowest BCUT2D eigenvalue weighted by atomic mass is 9.91. The van der Waals surface area contributed by atoms with Crippen LogP contribution in [0, 0.1) is 0 Å². The predicted octanol–water partition coefficient (Wildman–Crippen LogP) is 1.51. The van der Waals surface area contributed by atoms with E-state index in [1.54, 1.807) is 0 Å². The Hall–Kier alpha value is -2.42. The summed E-state index contributed by atoms with van der Waals surface area (Å²) >= 11 is 0. The highest BCUT2D eigenvalue weighted by atomic mass is 19.3. The second-order valence-corrected chi connectivity index (χ2v) is 6.46. The number of halogens is 2. The van der Waals surface area contributed by atoms with Gasteiger partial charge in [0.15, 0.2) is 11.5 Å². The molecule has 4 N–H and O–H groups in total. The van der Waals surface area contributed by atoms with E-state index in [1.165, 1.54) is 18.2 Å². The molecule has 7 nitrogen and oxygen atoms in total. The van der Waals surface area contributed by atoms with Crippen molar-refractivity contribution in [3.63, 3.8) is 0 Å².